The van der Waals surface area contributed by atoms with Crippen LogP contribution in [0.5, 0.6) is 0 Å². The first kappa shape index (κ1) is 17.4. The van der Waals surface area contributed by atoms with Gasteiger partial charge < -0.3 is 9.84 Å². The second kappa shape index (κ2) is 4.81. The molecule has 4 nitrogen and oxygen atoms in total. The summed E-state index contributed by atoms with van der Waals surface area (Å²) in [6.45, 7) is 8.21. The number of ether oxygens (including phenoxy) is 1. The van der Waals surface area contributed by atoms with Crippen molar-refractivity contribution in [2.45, 2.75) is 89.9 Å². The van der Waals surface area contributed by atoms with Crippen LogP contribution >= 0.6 is 0 Å². The van der Waals surface area contributed by atoms with Gasteiger partial charge in [-0.15, -0.1) is 0 Å². The van der Waals surface area contributed by atoms with E-state index in [1.165, 1.54) is 0 Å². The van der Waals surface area contributed by atoms with Crippen LogP contribution in [0.1, 0.15) is 72.6 Å². The fourth-order valence-corrected chi connectivity index (χ4v) is 8.67. The van der Waals surface area contributed by atoms with Gasteiger partial charge in [-0.2, -0.15) is 0 Å². The van der Waals surface area contributed by atoms with Gasteiger partial charge in [0.05, 0.1) is 6.10 Å². The summed E-state index contributed by atoms with van der Waals surface area (Å²) >= 11 is 0. The molecule has 1 saturated heterocycles. The minimum Gasteiger partial charge on any atom is -0.393 e. The Labute approximate surface area is 156 Å². The zero-order valence-electron chi connectivity index (χ0n) is 16.5. The van der Waals surface area contributed by atoms with Gasteiger partial charge in [0.2, 0.25) is 0 Å². The Morgan fingerprint density at radius 3 is 2.62 bits per heavy atom. The maximum atomic E-state index is 13.5. The van der Waals surface area contributed by atoms with Crippen molar-refractivity contribution in [1.29, 1.82) is 0 Å². The molecule has 5 rings (SSSR count). The van der Waals surface area contributed by atoms with E-state index in [2.05, 4.69) is 20.8 Å². The van der Waals surface area contributed by atoms with Crippen molar-refractivity contribution in [3.05, 3.63) is 0 Å². The molecule has 4 heteroatoms. The van der Waals surface area contributed by atoms with Gasteiger partial charge >= 0.3 is 0 Å². The van der Waals surface area contributed by atoms with Gasteiger partial charge in [0, 0.05) is 17.8 Å². The molecule has 0 bridgehead atoms. The van der Waals surface area contributed by atoms with Crippen LogP contribution in [0.2, 0.25) is 0 Å². The van der Waals surface area contributed by atoms with Crippen molar-refractivity contribution >= 4 is 11.6 Å². The molecule has 5 fully saturated rings. The predicted molar refractivity (Wildman–Crippen MR) is 96.4 cm³/mol. The third kappa shape index (κ3) is 1.70. The van der Waals surface area contributed by atoms with E-state index in [-0.39, 0.29) is 34.2 Å². The molecule has 0 aromatic heterocycles. The van der Waals surface area contributed by atoms with E-state index in [1.807, 2.05) is 0 Å². The molecule has 1 heterocycles. The van der Waals surface area contributed by atoms with Crippen molar-refractivity contribution in [3.63, 3.8) is 0 Å². The van der Waals surface area contributed by atoms with Crippen molar-refractivity contribution in [2.75, 3.05) is 0 Å². The zero-order chi connectivity index (χ0) is 18.7. The summed E-state index contributed by atoms with van der Waals surface area (Å²) in [6.07, 6.45) is 6.02. The number of ketones is 2. The van der Waals surface area contributed by atoms with Gasteiger partial charge in [-0.3, -0.25) is 9.59 Å². The molecule has 0 spiro atoms. The van der Waals surface area contributed by atoms with Crippen LogP contribution in [-0.2, 0) is 14.3 Å². The van der Waals surface area contributed by atoms with Crippen LogP contribution in [0, 0.1) is 34.5 Å². The number of hydrogen-bond donors (Lipinski definition) is 1. The highest BCUT2D eigenvalue weighted by Gasteiger charge is 2.86. The van der Waals surface area contributed by atoms with Crippen LogP contribution in [0.25, 0.3) is 0 Å². The summed E-state index contributed by atoms with van der Waals surface area (Å²) in [4.78, 5) is 26.1. The van der Waals surface area contributed by atoms with E-state index in [4.69, 9.17) is 4.74 Å². The minimum absolute atomic E-state index is 0.0263. The molecule has 1 N–H and O–H groups in total. The fourth-order valence-electron chi connectivity index (χ4n) is 8.67. The third-order valence-electron chi connectivity index (χ3n) is 9.71. The number of hydrogen-bond acceptors (Lipinski definition) is 4. The Morgan fingerprint density at radius 1 is 1.19 bits per heavy atom. The predicted octanol–water partition coefficient (Wildman–Crippen LogP) is 3.30. The second-order valence-corrected chi connectivity index (χ2v) is 10.8. The maximum absolute atomic E-state index is 13.5. The minimum atomic E-state index is -0.730. The van der Waals surface area contributed by atoms with E-state index < -0.39 is 5.60 Å². The lowest BCUT2D eigenvalue weighted by atomic mass is 9.44. The molecule has 0 radical (unpaired) electrons. The first-order valence-corrected chi connectivity index (χ1v) is 10.5. The SMILES string of the molecule is CC(=O)[C@@]12O[C@]1(C)C[C@H]1[C@@H]3CCC4C[C@H](O)CC[C@]4(C)[C@H]3C(=O)C[C@@]12C. The summed E-state index contributed by atoms with van der Waals surface area (Å²) in [7, 11) is 0. The molecule has 9 atom stereocenters. The molecule has 4 saturated carbocycles. The third-order valence-corrected chi connectivity index (χ3v) is 9.71. The zero-order valence-corrected chi connectivity index (χ0v) is 16.5. The molecular formula is C22H32O4. The normalized spacial score (nSPS) is 60.5. The van der Waals surface area contributed by atoms with Crippen molar-refractivity contribution in [1.82, 2.24) is 0 Å². The molecular weight excluding hydrogens is 328 g/mol. The number of rotatable bonds is 1. The lowest BCUT2D eigenvalue weighted by Crippen LogP contribution is -2.60. The van der Waals surface area contributed by atoms with Crippen molar-refractivity contribution in [3.8, 4) is 0 Å². The lowest BCUT2D eigenvalue weighted by Gasteiger charge is -2.60. The highest BCUT2D eigenvalue weighted by atomic mass is 16.6. The molecule has 0 aromatic carbocycles. The highest BCUT2D eigenvalue weighted by molar-refractivity contribution is 5.94. The number of carbonyl (C=O) groups is 2. The number of Topliss-reactive ketones (excluding diaryl/α,β-unsaturated/α-hetero) is 2. The Bertz CT molecular complexity index is 702. The Hall–Kier alpha value is -0.740. The van der Waals surface area contributed by atoms with Crippen molar-refractivity contribution in [2.24, 2.45) is 34.5 Å². The van der Waals surface area contributed by atoms with E-state index in [0.29, 0.717) is 30.0 Å². The Balaban J connectivity index is 1.55. The molecule has 1 unspecified atom stereocenters. The maximum Gasteiger partial charge on any atom is 0.165 e. The average molecular weight is 360 g/mol. The largest absolute Gasteiger partial charge is 0.393 e. The second-order valence-electron chi connectivity index (χ2n) is 10.8. The highest BCUT2D eigenvalue weighted by Crippen LogP contribution is 2.77. The number of carbonyl (C=O) groups excluding carboxylic acids is 2. The smallest absolute Gasteiger partial charge is 0.165 e. The van der Waals surface area contributed by atoms with Crippen LogP contribution in [0.4, 0.5) is 0 Å². The first-order chi connectivity index (χ1) is 12.1. The molecule has 26 heavy (non-hydrogen) atoms. The number of aliphatic hydroxyl groups excluding tert-OH is 1. The summed E-state index contributed by atoms with van der Waals surface area (Å²) in [5.41, 5.74) is -1.42. The topological polar surface area (TPSA) is 66.9 Å². The van der Waals surface area contributed by atoms with Gasteiger partial charge in [-0.25, -0.2) is 0 Å². The van der Waals surface area contributed by atoms with Gasteiger partial charge in [0.15, 0.2) is 11.4 Å². The monoisotopic (exact) mass is 360 g/mol. The van der Waals surface area contributed by atoms with E-state index in [0.717, 1.165) is 38.5 Å². The van der Waals surface area contributed by atoms with E-state index in [9.17, 15) is 14.7 Å². The van der Waals surface area contributed by atoms with Crippen LogP contribution < -0.4 is 0 Å². The summed E-state index contributed by atoms with van der Waals surface area (Å²) < 4.78 is 6.10. The summed E-state index contributed by atoms with van der Waals surface area (Å²) in [5, 5.41) is 10.1. The van der Waals surface area contributed by atoms with E-state index >= 15 is 0 Å². The van der Waals surface area contributed by atoms with Gasteiger partial charge in [-0.05, 0) is 75.5 Å². The molecule has 4 aliphatic carbocycles. The number of fused-ring (bicyclic) bond motifs is 7. The van der Waals surface area contributed by atoms with Gasteiger partial charge in [0.1, 0.15) is 11.4 Å². The summed E-state index contributed by atoms with van der Waals surface area (Å²) in [5.74, 6) is 1.82. The molecule has 0 amide bonds. The Kier molecular flexibility index (Phi) is 3.21. The Morgan fingerprint density at radius 2 is 1.92 bits per heavy atom. The molecule has 144 valence electrons. The summed E-state index contributed by atoms with van der Waals surface area (Å²) in [6, 6.07) is 0. The molecule has 1 aliphatic heterocycles. The average Bonchev–Trinajstić information content (AvgIpc) is 3.13. The van der Waals surface area contributed by atoms with Crippen LogP contribution in [0.3, 0.4) is 0 Å². The van der Waals surface area contributed by atoms with Crippen molar-refractivity contribution < 1.29 is 19.4 Å². The van der Waals surface area contributed by atoms with Gasteiger partial charge in [0.25, 0.3) is 0 Å². The van der Waals surface area contributed by atoms with E-state index in [1.54, 1.807) is 6.92 Å². The molecule has 5 aliphatic rings. The number of epoxide rings is 1. The van der Waals surface area contributed by atoms with Crippen LogP contribution in [-0.4, -0.2) is 34.0 Å². The lowest BCUT2D eigenvalue weighted by molar-refractivity contribution is -0.169. The standard InChI is InChI=1S/C22H32O4/c1-12(23)22-20(3)11-17(25)18-15(16(20)10-21(22,4)26-22)6-5-13-9-14(24)7-8-19(13,18)2/h13-16,18,24H,5-11H2,1-4H3/t13?,14-,15+,16+,18-,19+,20+,21-,22+/m1/s1. The molecule has 0 aromatic rings. The first-order valence-electron chi connectivity index (χ1n) is 10.5. The fraction of sp³-hybridized carbons (Fsp3) is 0.909. The van der Waals surface area contributed by atoms with Gasteiger partial charge in [-0.1, -0.05) is 13.8 Å². The number of aliphatic hydroxyl groups is 1. The van der Waals surface area contributed by atoms with Crippen LogP contribution in [0.15, 0.2) is 0 Å². The quantitative estimate of drug-likeness (QED) is 0.729.